The van der Waals surface area contributed by atoms with Gasteiger partial charge in [0.05, 0.1) is 12.4 Å². The molecule has 0 N–H and O–H groups in total. The summed E-state index contributed by atoms with van der Waals surface area (Å²) in [5, 5.41) is 3.99. The second kappa shape index (κ2) is 7.12. The number of nitrogens with zero attached hydrogens (tertiary/aromatic N) is 3. The van der Waals surface area contributed by atoms with Crippen molar-refractivity contribution in [3.8, 4) is 11.1 Å². The first-order chi connectivity index (χ1) is 14.9. The highest BCUT2D eigenvalue weighted by atomic mass is 15.1. The first-order valence-corrected chi connectivity index (χ1v) is 11.0. The van der Waals surface area contributed by atoms with Gasteiger partial charge in [-0.1, -0.05) is 55.8 Å². The zero-order valence-electron chi connectivity index (χ0n) is 19.3. The van der Waals surface area contributed by atoms with E-state index in [4.69, 9.17) is 0 Å². The predicted octanol–water partition coefficient (Wildman–Crippen LogP) is 6.24. The van der Waals surface area contributed by atoms with Crippen molar-refractivity contribution < 1.29 is 4.57 Å². The Morgan fingerprint density at radius 3 is 2.32 bits per heavy atom. The van der Waals surface area contributed by atoms with E-state index in [2.05, 4.69) is 123 Å². The van der Waals surface area contributed by atoms with Crippen LogP contribution in [-0.2, 0) is 7.05 Å². The van der Waals surface area contributed by atoms with Crippen LogP contribution >= 0.6 is 0 Å². The van der Waals surface area contributed by atoms with Crippen molar-refractivity contribution in [3.63, 3.8) is 0 Å². The molecule has 3 nitrogen and oxygen atoms in total. The smallest absolute Gasteiger partial charge is 0.294 e. The van der Waals surface area contributed by atoms with Gasteiger partial charge in [0.15, 0.2) is 0 Å². The molecule has 0 saturated carbocycles. The van der Waals surface area contributed by atoms with Crippen LogP contribution in [0, 0.1) is 6.92 Å². The Hall–Kier alpha value is -3.33. The number of fused-ring (bicyclic) bond motifs is 6. The van der Waals surface area contributed by atoms with Crippen molar-refractivity contribution in [2.45, 2.75) is 26.7 Å². The summed E-state index contributed by atoms with van der Waals surface area (Å²) in [4.78, 5) is 2.18. The molecule has 0 spiro atoms. The monoisotopic (exact) mass is 408 g/mol. The molecule has 5 rings (SSSR count). The summed E-state index contributed by atoms with van der Waals surface area (Å²) in [5.41, 5.74) is 8.94. The largest absolute Gasteiger partial charge is 0.378 e. The van der Waals surface area contributed by atoms with Gasteiger partial charge in [-0.05, 0) is 47.7 Å². The SMILES string of the molecule is Cc1ccc(-c2ccc(C(C)C)c3c2c2cc(N(C)C)ccc2n2cc[n+](C)c32)cc1. The minimum Gasteiger partial charge on any atom is -0.378 e. The summed E-state index contributed by atoms with van der Waals surface area (Å²) in [5.74, 6) is 0.433. The Morgan fingerprint density at radius 1 is 0.903 bits per heavy atom. The number of hydrogen-bond donors (Lipinski definition) is 0. The molecule has 31 heavy (non-hydrogen) atoms. The van der Waals surface area contributed by atoms with Crippen molar-refractivity contribution >= 4 is 33.0 Å². The molecule has 0 fully saturated rings. The quantitative estimate of drug-likeness (QED) is 0.254. The maximum absolute atomic E-state index is 2.35. The Morgan fingerprint density at radius 2 is 1.65 bits per heavy atom. The Balaban J connectivity index is 2.08. The molecule has 5 aromatic rings. The van der Waals surface area contributed by atoms with Crippen LogP contribution in [0.1, 0.15) is 30.9 Å². The van der Waals surface area contributed by atoms with E-state index in [0.29, 0.717) is 5.92 Å². The lowest BCUT2D eigenvalue weighted by molar-refractivity contribution is -0.643. The lowest BCUT2D eigenvalue weighted by Crippen LogP contribution is -2.26. The summed E-state index contributed by atoms with van der Waals surface area (Å²) in [7, 11) is 6.37. The van der Waals surface area contributed by atoms with Crippen molar-refractivity contribution in [1.82, 2.24) is 4.40 Å². The number of aryl methyl sites for hydroxylation is 2. The molecule has 0 atom stereocenters. The molecule has 0 aliphatic heterocycles. The fourth-order valence-electron chi connectivity index (χ4n) is 4.78. The summed E-state index contributed by atoms with van der Waals surface area (Å²) >= 11 is 0. The van der Waals surface area contributed by atoms with Crippen molar-refractivity contribution in [3.05, 3.63) is 78.1 Å². The average Bonchev–Trinajstić information content (AvgIpc) is 3.14. The Labute approximate surface area is 184 Å². The van der Waals surface area contributed by atoms with E-state index >= 15 is 0 Å². The molecule has 0 aliphatic carbocycles. The number of pyridine rings is 1. The molecule has 0 bridgehead atoms. The van der Waals surface area contributed by atoms with Crippen molar-refractivity contribution in [2.75, 3.05) is 19.0 Å². The number of rotatable bonds is 3. The Bertz CT molecular complexity index is 1440. The zero-order chi connectivity index (χ0) is 21.9. The second-order valence-electron chi connectivity index (χ2n) is 9.17. The topological polar surface area (TPSA) is 11.5 Å². The van der Waals surface area contributed by atoms with Gasteiger partial charge in [0, 0.05) is 30.6 Å². The van der Waals surface area contributed by atoms with E-state index in [9.17, 15) is 0 Å². The molecule has 0 aliphatic rings. The van der Waals surface area contributed by atoms with Gasteiger partial charge in [0.25, 0.3) is 5.65 Å². The third kappa shape index (κ3) is 2.99. The Kier molecular flexibility index (Phi) is 4.51. The van der Waals surface area contributed by atoms with Crippen LogP contribution in [0.25, 0.3) is 38.4 Å². The van der Waals surface area contributed by atoms with Gasteiger partial charge in [0.1, 0.15) is 17.9 Å². The van der Waals surface area contributed by atoms with E-state index in [0.717, 1.165) is 0 Å². The second-order valence-corrected chi connectivity index (χ2v) is 9.17. The van der Waals surface area contributed by atoms with E-state index in [1.807, 2.05) is 0 Å². The van der Waals surface area contributed by atoms with Gasteiger partial charge in [0.2, 0.25) is 0 Å². The highest BCUT2D eigenvalue weighted by Gasteiger charge is 2.24. The normalized spacial score (nSPS) is 11.8. The first-order valence-electron chi connectivity index (χ1n) is 11.0. The van der Waals surface area contributed by atoms with Gasteiger partial charge in [-0.15, -0.1) is 0 Å². The summed E-state index contributed by atoms with van der Waals surface area (Å²) in [6, 6.07) is 20.4. The summed E-state index contributed by atoms with van der Waals surface area (Å²) in [6.45, 7) is 6.73. The van der Waals surface area contributed by atoms with Gasteiger partial charge in [-0.3, -0.25) is 0 Å². The summed E-state index contributed by atoms with van der Waals surface area (Å²) < 4.78 is 4.61. The van der Waals surface area contributed by atoms with Gasteiger partial charge in [-0.2, -0.15) is 4.40 Å². The highest BCUT2D eigenvalue weighted by Crippen LogP contribution is 2.41. The molecule has 0 unspecified atom stereocenters. The molecule has 3 aromatic carbocycles. The lowest BCUT2D eigenvalue weighted by atomic mass is 9.89. The number of anilines is 1. The van der Waals surface area contributed by atoms with Gasteiger partial charge in [-0.25, -0.2) is 4.57 Å². The fraction of sp³-hybridized carbons (Fsp3) is 0.250. The standard InChI is InChI=1S/C28H30N3/c1-18(2)22-12-13-23(20-9-7-19(3)8-10-20)26-24-17-21(29(4)5)11-14-25(24)31-16-15-30(6)28(31)27(22)26/h7-18H,1-6H3/q+1. The average molecular weight is 409 g/mol. The summed E-state index contributed by atoms with van der Waals surface area (Å²) in [6.07, 6.45) is 4.35. The zero-order valence-corrected chi connectivity index (χ0v) is 19.3. The molecular formula is C28H30N3+. The first kappa shape index (κ1) is 19.6. The van der Waals surface area contributed by atoms with E-state index < -0.39 is 0 Å². The minimum absolute atomic E-state index is 0.433. The maximum atomic E-state index is 2.35. The van der Waals surface area contributed by atoms with E-state index in [-0.39, 0.29) is 0 Å². The molecule has 2 aromatic heterocycles. The van der Waals surface area contributed by atoms with Crippen LogP contribution in [0.5, 0.6) is 0 Å². The van der Waals surface area contributed by atoms with Crippen molar-refractivity contribution in [1.29, 1.82) is 0 Å². The number of benzene rings is 3. The lowest BCUT2D eigenvalue weighted by Gasteiger charge is -2.18. The molecule has 2 heterocycles. The molecule has 0 amide bonds. The van der Waals surface area contributed by atoms with Crippen LogP contribution in [-0.4, -0.2) is 18.5 Å². The molecule has 0 radical (unpaired) electrons. The fourth-order valence-corrected chi connectivity index (χ4v) is 4.78. The van der Waals surface area contributed by atoms with Crippen LogP contribution in [0.4, 0.5) is 5.69 Å². The number of imidazole rings is 1. The third-order valence-electron chi connectivity index (χ3n) is 6.47. The third-order valence-corrected chi connectivity index (χ3v) is 6.47. The van der Waals surface area contributed by atoms with Crippen LogP contribution < -0.4 is 9.47 Å². The van der Waals surface area contributed by atoms with Crippen molar-refractivity contribution in [2.24, 2.45) is 7.05 Å². The predicted molar refractivity (Wildman–Crippen MR) is 132 cm³/mol. The van der Waals surface area contributed by atoms with Crippen LogP contribution in [0.3, 0.4) is 0 Å². The maximum Gasteiger partial charge on any atom is 0.294 e. The van der Waals surface area contributed by atoms with Crippen LogP contribution in [0.15, 0.2) is 67.0 Å². The highest BCUT2D eigenvalue weighted by molar-refractivity contribution is 6.19. The van der Waals surface area contributed by atoms with Crippen LogP contribution in [0.2, 0.25) is 0 Å². The molecular weight excluding hydrogens is 378 g/mol. The van der Waals surface area contributed by atoms with E-state index in [1.54, 1.807) is 0 Å². The van der Waals surface area contributed by atoms with Gasteiger partial charge < -0.3 is 4.90 Å². The molecule has 3 heteroatoms. The number of aromatic nitrogens is 2. The minimum atomic E-state index is 0.433. The van der Waals surface area contributed by atoms with E-state index in [1.165, 1.54) is 55.3 Å². The number of hydrogen-bond acceptors (Lipinski definition) is 1. The molecule has 156 valence electrons. The molecule has 0 saturated heterocycles. The van der Waals surface area contributed by atoms with Gasteiger partial charge >= 0.3 is 0 Å².